The molecule has 0 unspecified atom stereocenters. The van der Waals surface area contributed by atoms with Gasteiger partial charge < -0.3 is 4.74 Å². The highest BCUT2D eigenvalue weighted by Gasteiger charge is 2.04. The Bertz CT molecular complexity index is 480. The van der Waals surface area contributed by atoms with Crippen LogP contribution in [-0.4, -0.2) is 17.1 Å². The van der Waals surface area contributed by atoms with Crippen molar-refractivity contribution in [2.45, 2.75) is 13.8 Å². The van der Waals surface area contributed by atoms with E-state index in [0.717, 1.165) is 28.0 Å². The Morgan fingerprint density at radius 2 is 2.00 bits per heavy atom. The van der Waals surface area contributed by atoms with E-state index in [1.54, 1.807) is 7.11 Å². The molecule has 2 rings (SSSR count). The molecule has 72 valence electrons. The van der Waals surface area contributed by atoms with Crippen LogP contribution in [0.15, 0.2) is 18.3 Å². The third-order valence-electron chi connectivity index (χ3n) is 2.13. The summed E-state index contributed by atoms with van der Waals surface area (Å²) in [6.07, 6.45) is 1.83. The van der Waals surface area contributed by atoms with Gasteiger partial charge in [-0.3, -0.25) is 0 Å². The van der Waals surface area contributed by atoms with E-state index < -0.39 is 0 Å². The number of hydrogen-bond acceptors (Lipinski definition) is 3. The molecule has 1 heterocycles. The Morgan fingerprint density at radius 3 is 2.71 bits per heavy atom. The molecule has 0 N–H and O–H groups in total. The molecule has 1 aromatic heterocycles. The maximum Gasteiger partial charge on any atom is 0.145 e. The number of nitrogens with zero attached hydrogens (tertiary/aromatic N) is 2. The van der Waals surface area contributed by atoms with Crippen LogP contribution >= 0.6 is 0 Å². The number of fused-ring (bicyclic) bond motifs is 1. The molecule has 14 heavy (non-hydrogen) atoms. The lowest BCUT2D eigenvalue weighted by atomic mass is 10.1. The van der Waals surface area contributed by atoms with E-state index in [-0.39, 0.29) is 0 Å². The van der Waals surface area contributed by atoms with Crippen molar-refractivity contribution in [3.8, 4) is 5.75 Å². The van der Waals surface area contributed by atoms with Gasteiger partial charge in [-0.2, -0.15) is 0 Å². The molecular formula is C11H12N2O. The van der Waals surface area contributed by atoms with Crippen LogP contribution in [0.2, 0.25) is 0 Å². The molecule has 0 fully saturated rings. The zero-order valence-electron chi connectivity index (χ0n) is 8.53. The summed E-state index contributed by atoms with van der Waals surface area (Å²) in [7, 11) is 1.66. The summed E-state index contributed by atoms with van der Waals surface area (Å²) in [5.74, 6) is 1.57. The fourth-order valence-electron chi connectivity index (χ4n) is 1.50. The summed E-state index contributed by atoms with van der Waals surface area (Å²) < 4.78 is 5.27. The molecule has 0 saturated heterocycles. The van der Waals surface area contributed by atoms with Gasteiger partial charge in [-0.15, -0.1) is 0 Å². The predicted octanol–water partition coefficient (Wildman–Crippen LogP) is 2.26. The van der Waals surface area contributed by atoms with Gasteiger partial charge in [0.15, 0.2) is 0 Å². The first-order valence-corrected chi connectivity index (χ1v) is 4.48. The molecule has 0 aliphatic carbocycles. The number of ether oxygens (including phenoxy) is 1. The van der Waals surface area contributed by atoms with Gasteiger partial charge in [0.1, 0.15) is 17.1 Å². The number of aromatic nitrogens is 2. The summed E-state index contributed by atoms with van der Waals surface area (Å²) in [6, 6.07) is 4.03. The monoisotopic (exact) mass is 188 g/mol. The van der Waals surface area contributed by atoms with Crippen molar-refractivity contribution in [2.24, 2.45) is 0 Å². The number of benzene rings is 1. The van der Waals surface area contributed by atoms with Crippen LogP contribution in [0.3, 0.4) is 0 Å². The van der Waals surface area contributed by atoms with Gasteiger partial charge in [-0.05, 0) is 31.5 Å². The van der Waals surface area contributed by atoms with Crippen molar-refractivity contribution in [2.75, 3.05) is 7.11 Å². The Balaban J connectivity index is 2.81. The second-order valence-electron chi connectivity index (χ2n) is 3.32. The normalized spacial score (nSPS) is 10.5. The first-order chi connectivity index (χ1) is 6.70. The minimum Gasteiger partial charge on any atom is -0.494 e. The van der Waals surface area contributed by atoms with Crippen LogP contribution in [0.25, 0.3) is 10.9 Å². The van der Waals surface area contributed by atoms with Crippen molar-refractivity contribution in [3.05, 3.63) is 29.7 Å². The molecular weight excluding hydrogens is 176 g/mol. The van der Waals surface area contributed by atoms with Crippen LogP contribution in [0.4, 0.5) is 0 Å². The Morgan fingerprint density at radius 1 is 1.21 bits per heavy atom. The molecule has 2 aromatic rings. The van der Waals surface area contributed by atoms with Gasteiger partial charge >= 0.3 is 0 Å². The van der Waals surface area contributed by atoms with Crippen LogP contribution in [-0.2, 0) is 0 Å². The maximum absolute atomic E-state index is 5.27. The van der Waals surface area contributed by atoms with Crippen molar-refractivity contribution in [1.82, 2.24) is 9.97 Å². The number of methoxy groups -OCH3 is 1. The van der Waals surface area contributed by atoms with Gasteiger partial charge in [-0.25, -0.2) is 9.97 Å². The Labute approximate surface area is 82.8 Å². The Kier molecular flexibility index (Phi) is 2.08. The van der Waals surface area contributed by atoms with Crippen molar-refractivity contribution in [3.63, 3.8) is 0 Å². The third-order valence-corrected chi connectivity index (χ3v) is 2.13. The Hall–Kier alpha value is -1.64. The van der Waals surface area contributed by atoms with E-state index in [1.807, 2.05) is 26.1 Å². The van der Waals surface area contributed by atoms with E-state index in [4.69, 9.17) is 4.74 Å². The molecule has 0 saturated carbocycles. The van der Waals surface area contributed by atoms with Crippen molar-refractivity contribution >= 4 is 10.9 Å². The lowest BCUT2D eigenvalue weighted by Gasteiger charge is -2.06. The molecule has 3 heteroatoms. The molecule has 0 atom stereocenters. The van der Waals surface area contributed by atoms with E-state index in [0.29, 0.717) is 0 Å². The zero-order chi connectivity index (χ0) is 10.1. The molecule has 1 aromatic carbocycles. The number of rotatable bonds is 1. The van der Waals surface area contributed by atoms with Crippen molar-refractivity contribution < 1.29 is 4.74 Å². The van der Waals surface area contributed by atoms with E-state index in [2.05, 4.69) is 16.0 Å². The minimum atomic E-state index is 0.764. The van der Waals surface area contributed by atoms with Gasteiger partial charge in [0, 0.05) is 11.6 Å². The lowest BCUT2D eigenvalue weighted by Crippen LogP contribution is -1.92. The third kappa shape index (κ3) is 1.41. The van der Waals surface area contributed by atoms with Gasteiger partial charge in [0.05, 0.1) is 7.11 Å². The molecule has 0 amide bonds. The first kappa shape index (κ1) is 8.94. The quantitative estimate of drug-likeness (QED) is 0.688. The van der Waals surface area contributed by atoms with Crippen LogP contribution in [0.1, 0.15) is 11.4 Å². The largest absolute Gasteiger partial charge is 0.494 e. The fourth-order valence-corrected chi connectivity index (χ4v) is 1.50. The second kappa shape index (κ2) is 3.25. The molecule has 0 radical (unpaired) electrons. The van der Waals surface area contributed by atoms with Crippen LogP contribution in [0, 0.1) is 13.8 Å². The average molecular weight is 188 g/mol. The van der Waals surface area contributed by atoms with Crippen LogP contribution in [0.5, 0.6) is 5.75 Å². The van der Waals surface area contributed by atoms with Gasteiger partial charge in [0.2, 0.25) is 0 Å². The zero-order valence-corrected chi connectivity index (χ0v) is 8.53. The van der Waals surface area contributed by atoms with Gasteiger partial charge in [-0.1, -0.05) is 0 Å². The smallest absolute Gasteiger partial charge is 0.145 e. The highest BCUT2D eigenvalue weighted by Crippen LogP contribution is 2.24. The van der Waals surface area contributed by atoms with E-state index in [1.165, 1.54) is 0 Å². The minimum absolute atomic E-state index is 0.764. The van der Waals surface area contributed by atoms with Gasteiger partial charge in [0.25, 0.3) is 0 Å². The summed E-state index contributed by atoms with van der Waals surface area (Å²) in [6.45, 7) is 3.90. The molecule has 0 spiro atoms. The molecule has 0 aliphatic heterocycles. The topological polar surface area (TPSA) is 35.0 Å². The molecule has 0 bridgehead atoms. The predicted molar refractivity (Wildman–Crippen MR) is 55.6 cm³/mol. The SMILES string of the molecule is COc1cc(C)cc2cnc(C)nc12. The standard InChI is InChI=1S/C11H12N2O/c1-7-4-9-6-12-8(2)13-11(9)10(5-7)14-3/h4-6H,1-3H3. The lowest BCUT2D eigenvalue weighted by molar-refractivity contribution is 0.418. The summed E-state index contributed by atoms with van der Waals surface area (Å²) in [5, 5.41) is 1.02. The number of aryl methyl sites for hydroxylation is 2. The highest BCUT2D eigenvalue weighted by molar-refractivity contribution is 5.84. The fraction of sp³-hybridized carbons (Fsp3) is 0.273. The molecule has 3 nitrogen and oxygen atoms in total. The average Bonchev–Trinajstić information content (AvgIpc) is 2.17. The van der Waals surface area contributed by atoms with Crippen molar-refractivity contribution in [1.29, 1.82) is 0 Å². The second-order valence-corrected chi connectivity index (χ2v) is 3.32. The summed E-state index contributed by atoms with van der Waals surface area (Å²) >= 11 is 0. The highest BCUT2D eigenvalue weighted by atomic mass is 16.5. The summed E-state index contributed by atoms with van der Waals surface area (Å²) in [5.41, 5.74) is 2.03. The van der Waals surface area contributed by atoms with Crippen LogP contribution < -0.4 is 4.74 Å². The first-order valence-electron chi connectivity index (χ1n) is 4.48. The van der Waals surface area contributed by atoms with E-state index in [9.17, 15) is 0 Å². The maximum atomic E-state index is 5.27. The molecule has 0 aliphatic rings. The van der Waals surface area contributed by atoms with E-state index >= 15 is 0 Å². The number of hydrogen-bond donors (Lipinski definition) is 0. The summed E-state index contributed by atoms with van der Waals surface area (Å²) in [4.78, 5) is 8.51.